The molecule has 0 aliphatic heterocycles. The van der Waals surface area contributed by atoms with E-state index in [1.54, 1.807) is 6.92 Å². The Kier molecular flexibility index (Phi) is 6.34. The average Bonchev–Trinajstić information content (AvgIpc) is 2.22. The van der Waals surface area contributed by atoms with E-state index in [-0.39, 0.29) is 11.3 Å². The summed E-state index contributed by atoms with van der Waals surface area (Å²) in [7, 11) is 0. The maximum atomic E-state index is 11.4. The van der Waals surface area contributed by atoms with E-state index in [0.29, 0.717) is 12.1 Å². The van der Waals surface area contributed by atoms with Crippen LogP contribution in [0.5, 0.6) is 0 Å². The number of hydrogen-bond acceptors (Lipinski definition) is 2. The van der Waals surface area contributed by atoms with E-state index in [0.717, 1.165) is 19.6 Å². The van der Waals surface area contributed by atoms with Gasteiger partial charge in [-0.3, -0.25) is 4.79 Å². The van der Waals surface area contributed by atoms with E-state index >= 15 is 0 Å². The molecule has 16 heavy (non-hydrogen) atoms. The number of rotatable bonds is 7. The molecular formula is C13H26N2O. The van der Waals surface area contributed by atoms with Crippen molar-refractivity contribution in [3.63, 3.8) is 0 Å². The molecule has 0 aromatic rings. The minimum Gasteiger partial charge on any atom is -0.352 e. The zero-order valence-electron chi connectivity index (χ0n) is 11.4. The highest BCUT2D eigenvalue weighted by Gasteiger charge is 2.21. The van der Waals surface area contributed by atoms with Gasteiger partial charge in [0.05, 0.1) is 0 Å². The van der Waals surface area contributed by atoms with Crippen LogP contribution in [0, 0.1) is 5.41 Å². The second kappa shape index (κ2) is 6.69. The first-order valence-electron chi connectivity index (χ1n) is 5.98. The molecule has 0 radical (unpaired) electrons. The van der Waals surface area contributed by atoms with Crippen molar-refractivity contribution >= 4 is 5.91 Å². The van der Waals surface area contributed by atoms with Gasteiger partial charge in [0.25, 0.3) is 0 Å². The van der Waals surface area contributed by atoms with E-state index in [4.69, 9.17) is 0 Å². The Balaban J connectivity index is 4.13. The molecule has 0 saturated heterocycles. The smallest absolute Gasteiger partial charge is 0.246 e. The molecule has 1 N–H and O–H groups in total. The van der Waals surface area contributed by atoms with Gasteiger partial charge in [-0.15, -0.1) is 0 Å². The summed E-state index contributed by atoms with van der Waals surface area (Å²) in [5.74, 6) is -0.0485. The molecule has 0 atom stereocenters. The highest BCUT2D eigenvalue weighted by molar-refractivity contribution is 5.92. The Bertz CT molecular complexity index is 242. The van der Waals surface area contributed by atoms with Gasteiger partial charge in [0, 0.05) is 18.7 Å². The molecule has 0 aromatic carbocycles. The SMILES string of the molecule is C=C(C)C(=O)NCC(C)(C)CN(CC)CC. The quantitative estimate of drug-likeness (QED) is 0.674. The number of hydrogen-bond donors (Lipinski definition) is 1. The van der Waals surface area contributed by atoms with E-state index in [1.165, 1.54) is 0 Å². The molecule has 0 spiro atoms. The molecule has 0 unspecified atom stereocenters. The predicted octanol–water partition coefficient (Wildman–Crippen LogP) is 2.05. The number of nitrogens with zero attached hydrogens (tertiary/aromatic N) is 1. The van der Waals surface area contributed by atoms with Crippen molar-refractivity contribution in [3.05, 3.63) is 12.2 Å². The normalized spacial score (nSPS) is 11.6. The van der Waals surface area contributed by atoms with Crippen LogP contribution >= 0.6 is 0 Å². The maximum Gasteiger partial charge on any atom is 0.246 e. The number of amides is 1. The molecule has 0 saturated carbocycles. The van der Waals surface area contributed by atoms with Gasteiger partial charge in [0.15, 0.2) is 0 Å². The van der Waals surface area contributed by atoms with Crippen molar-refractivity contribution in [1.29, 1.82) is 0 Å². The molecular weight excluding hydrogens is 200 g/mol. The summed E-state index contributed by atoms with van der Waals surface area (Å²) < 4.78 is 0. The lowest BCUT2D eigenvalue weighted by Gasteiger charge is -2.31. The van der Waals surface area contributed by atoms with E-state index in [9.17, 15) is 4.79 Å². The van der Waals surface area contributed by atoms with Gasteiger partial charge in [0.1, 0.15) is 0 Å². The first kappa shape index (κ1) is 15.2. The number of carbonyl (C=O) groups is 1. The van der Waals surface area contributed by atoms with Crippen LogP contribution in [0.4, 0.5) is 0 Å². The predicted molar refractivity (Wildman–Crippen MR) is 69.4 cm³/mol. The molecule has 3 nitrogen and oxygen atoms in total. The molecule has 0 bridgehead atoms. The van der Waals surface area contributed by atoms with Gasteiger partial charge in [-0.2, -0.15) is 0 Å². The molecule has 3 heteroatoms. The summed E-state index contributed by atoms with van der Waals surface area (Å²) in [6.45, 7) is 17.8. The van der Waals surface area contributed by atoms with Crippen molar-refractivity contribution in [3.8, 4) is 0 Å². The molecule has 0 aliphatic carbocycles. The highest BCUT2D eigenvalue weighted by Crippen LogP contribution is 2.15. The lowest BCUT2D eigenvalue weighted by Crippen LogP contribution is -2.42. The maximum absolute atomic E-state index is 11.4. The Labute approximate surface area is 99.9 Å². The zero-order chi connectivity index (χ0) is 12.8. The van der Waals surface area contributed by atoms with E-state index in [2.05, 4.69) is 44.5 Å². The van der Waals surface area contributed by atoms with Crippen LogP contribution in [0.1, 0.15) is 34.6 Å². The van der Waals surface area contributed by atoms with Crippen LogP contribution < -0.4 is 5.32 Å². The molecule has 0 rings (SSSR count). The summed E-state index contributed by atoms with van der Waals surface area (Å²) in [4.78, 5) is 13.8. The molecule has 0 aromatic heterocycles. The van der Waals surface area contributed by atoms with Gasteiger partial charge < -0.3 is 10.2 Å². The summed E-state index contributed by atoms with van der Waals surface area (Å²) in [6, 6.07) is 0. The lowest BCUT2D eigenvalue weighted by atomic mass is 9.92. The number of nitrogens with one attached hydrogen (secondary N) is 1. The Morgan fingerprint density at radius 3 is 2.19 bits per heavy atom. The lowest BCUT2D eigenvalue weighted by molar-refractivity contribution is -0.117. The van der Waals surface area contributed by atoms with Crippen LogP contribution in [0.15, 0.2) is 12.2 Å². The van der Waals surface area contributed by atoms with Crippen molar-refractivity contribution in [2.45, 2.75) is 34.6 Å². The van der Waals surface area contributed by atoms with Crippen LogP contribution in [0.3, 0.4) is 0 Å². The molecule has 0 heterocycles. The third-order valence-electron chi connectivity index (χ3n) is 2.66. The second-order valence-corrected chi connectivity index (χ2v) is 5.09. The summed E-state index contributed by atoms with van der Waals surface area (Å²) in [5, 5.41) is 2.91. The Hall–Kier alpha value is -0.830. The molecule has 1 amide bonds. The van der Waals surface area contributed by atoms with E-state index < -0.39 is 0 Å². The first-order chi connectivity index (χ1) is 7.32. The second-order valence-electron chi connectivity index (χ2n) is 5.09. The fraction of sp³-hybridized carbons (Fsp3) is 0.769. The van der Waals surface area contributed by atoms with E-state index in [1.807, 2.05) is 0 Å². The first-order valence-corrected chi connectivity index (χ1v) is 5.98. The average molecular weight is 226 g/mol. The van der Waals surface area contributed by atoms with Crippen LogP contribution in [-0.2, 0) is 4.79 Å². The molecule has 0 fully saturated rings. The topological polar surface area (TPSA) is 32.3 Å². The molecule has 0 aliphatic rings. The van der Waals surface area contributed by atoms with Crippen molar-refractivity contribution < 1.29 is 4.79 Å². The standard InChI is InChI=1S/C13H26N2O/c1-7-15(8-2)10-13(5,6)9-14-12(16)11(3)4/h3,7-10H2,1-2,4-6H3,(H,14,16). The van der Waals surface area contributed by atoms with Crippen LogP contribution in [0.25, 0.3) is 0 Å². The summed E-state index contributed by atoms with van der Waals surface area (Å²) in [6.07, 6.45) is 0. The van der Waals surface area contributed by atoms with Gasteiger partial charge in [-0.1, -0.05) is 34.3 Å². The minimum atomic E-state index is -0.0485. The van der Waals surface area contributed by atoms with Crippen molar-refractivity contribution in [2.75, 3.05) is 26.2 Å². The highest BCUT2D eigenvalue weighted by atomic mass is 16.1. The van der Waals surface area contributed by atoms with Crippen LogP contribution in [-0.4, -0.2) is 37.0 Å². The largest absolute Gasteiger partial charge is 0.352 e. The third-order valence-corrected chi connectivity index (χ3v) is 2.66. The van der Waals surface area contributed by atoms with Gasteiger partial charge in [-0.25, -0.2) is 0 Å². The van der Waals surface area contributed by atoms with Crippen molar-refractivity contribution in [1.82, 2.24) is 10.2 Å². The van der Waals surface area contributed by atoms with Crippen molar-refractivity contribution in [2.24, 2.45) is 5.41 Å². The Morgan fingerprint density at radius 2 is 1.81 bits per heavy atom. The zero-order valence-corrected chi connectivity index (χ0v) is 11.4. The summed E-state index contributed by atoms with van der Waals surface area (Å²) in [5.41, 5.74) is 0.663. The van der Waals surface area contributed by atoms with Gasteiger partial charge in [0.2, 0.25) is 5.91 Å². The fourth-order valence-corrected chi connectivity index (χ4v) is 1.58. The minimum absolute atomic E-state index is 0.0485. The fourth-order valence-electron chi connectivity index (χ4n) is 1.58. The summed E-state index contributed by atoms with van der Waals surface area (Å²) >= 11 is 0. The van der Waals surface area contributed by atoms with Crippen LogP contribution in [0.2, 0.25) is 0 Å². The Morgan fingerprint density at radius 1 is 1.31 bits per heavy atom. The van der Waals surface area contributed by atoms with Gasteiger partial charge >= 0.3 is 0 Å². The van der Waals surface area contributed by atoms with Gasteiger partial charge in [-0.05, 0) is 25.4 Å². The monoisotopic (exact) mass is 226 g/mol. The third kappa shape index (κ3) is 5.91. The molecule has 94 valence electrons. The number of carbonyl (C=O) groups excluding carboxylic acids is 1.